The molecule has 0 aliphatic heterocycles. The minimum absolute atomic E-state index is 0.195. The second-order valence-corrected chi connectivity index (χ2v) is 8.25. The molecule has 1 saturated carbocycles. The number of aliphatic hydroxyl groups is 1. The van der Waals surface area contributed by atoms with Gasteiger partial charge in [-0.05, 0) is 37.5 Å². The Morgan fingerprint density at radius 1 is 1.17 bits per heavy atom. The number of ether oxygens (including phenoxy) is 1. The predicted molar refractivity (Wildman–Crippen MR) is 116 cm³/mol. The molecule has 5 rings (SSSR count). The number of benzene rings is 2. The monoisotopic (exact) mass is 400 g/mol. The lowest BCUT2D eigenvalue weighted by molar-refractivity contribution is -0.0335. The molecule has 1 fully saturated rings. The Hall–Kier alpha value is -3.38. The average molecular weight is 400 g/mol. The predicted octanol–water partition coefficient (Wildman–Crippen LogP) is 4.19. The van der Waals surface area contributed by atoms with E-state index in [9.17, 15) is 5.11 Å². The second-order valence-electron chi connectivity index (χ2n) is 8.25. The van der Waals surface area contributed by atoms with E-state index in [1.54, 1.807) is 6.20 Å². The van der Waals surface area contributed by atoms with Crippen molar-refractivity contribution in [2.75, 3.05) is 5.73 Å². The number of rotatable bonds is 5. The fourth-order valence-corrected chi connectivity index (χ4v) is 4.23. The standard InChI is InChI=1S/C24H24N4O2/c1-24(29)13-18(14-24)23-27-20(21-22(25)26-10-11-28(21)23)17-8-5-9-19(12-17)30-15-16-6-3-2-4-7-16/h2-12,18,29H,13-15H2,1H3,(H2,25,26). The van der Waals surface area contributed by atoms with Crippen LogP contribution < -0.4 is 10.5 Å². The highest BCUT2D eigenvalue weighted by atomic mass is 16.5. The molecule has 2 aromatic carbocycles. The van der Waals surface area contributed by atoms with Crippen molar-refractivity contribution in [1.82, 2.24) is 14.4 Å². The van der Waals surface area contributed by atoms with Crippen molar-refractivity contribution < 1.29 is 9.84 Å². The number of nitrogens with two attached hydrogens (primary N) is 1. The van der Waals surface area contributed by atoms with E-state index in [0.29, 0.717) is 25.3 Å². The van der Waals surface area contributed by atoms with Gasteiger partial charge >= 0.3 is 0 Å². The first-order valence-corrected chi connectivity index (χ1v) is 10.1. The van der Waals surface area contributed by atoms with Gasteiger partial charge in [0.05, 0.1) is 5.60 Å². The maximum Gasteiger partial charge on any atom is 0.150 e. The van der Waals surface area contributed by atoms with Gasteiger partial charge in [0, 0.05) is 23.9 Å². The zero-order chi connectivity index (χ0) is 20.7. The molecule has 0 unspecified atom stereocenters. The normalized spacial score (nSPS) is 20.8. The van der Waals surface area contributed by atoms with Gasteiger partial charge in [-0.2, -0.15) is 0 Å². The summed E-state index contributed by atoms with van der Waals surface area (Å²) in [5.41, 5.74) is 9.23. The summed E-state index contributed by atoms with van der Waals surface area (Å²) >= 11 is 0. The maximum absolute atomic E-state index is 10.2. The first-order valence-electron chi connectivity index (χ1n) is 10.1. The molecule has 4 aromatic rings. The molecule has 0 radical (unpaired) electrons. The molecule has 1 aliphatic rings. The van der Waals surface area contributed by atoms with Gasteiger partial charge in [-0.1, -0.05) is 42.5 Å². The van der Waals surface area contributed by atoms with E-state index >= 15 is 0 Å². The van der Waals surface area contributed by atoms with Crippen molar-refractivity contribution in [2.24, 2.45) is 0 Å². The van der Waals surface area contributed by atoms with Crippen LogP contribution in [-0.2, 0) is 6.61 Å². The average Bonchev–Trinajstić information content (AvgIpc) is 3.12. The van der Waals surface area contributed by atoms with Crippen molar-refractivity contribution >= 4 is 11.3 Å². The van der Waals surface area contributed by atoms with Crippen LogP contribution in [0, 0.1) is 0 Å². The Labute approximate surface area is 175 Å². The summed E-state index contributed by atoms with van der Waals surface area (Å²) in [5.74, 6) is 2.32. The van der Waals surface area contributed by atoms with Crippen molar-refractivity contribution in [3.05, 3.63) is 78.4 Å². The molecule has 0 bridgehead atoms. The van der Waals surface area contributed by atoms with E-state index in [-0.39, 0.29) is 5.92 Å². The number of nitrogen functional groups attached to an aromatic ring is 1. The van der Waals surface area contributed by atoms with Gasteiger partial charge in [0.1, 0.15) is 35.2 Å². The highest BCUT2D eigenvalue weighted by molar-refractivity contribution is 5.85. The quantitative estimate of drug-likeness (QED) is 0.525. The molecular weight excluding hydrogens is 376 g/mol. The number of imidazole rings is 1. The second kappa shape index (κ2) is 7.15. The summed E-state index contributed by atoms with van der Waals surface area (Å²) in [7, 11) is 0. The fraction of sp³-hybridized carbons (Fsp3) is 0.250. The van der Waals surface area contributed by atoms with Crippen LogP contribution in [-0.4, -0.2) is 25.1 Å². The molecule has 2 aromatic heterocycles. The zero-order valence-electron chi connectivity index (χ0n) is 16.8. The van der Waals surface area contributed by atoms with Gasteiger partial charge in [-0.15, -0.1) is 0 Å². The van der Waals surface area contributed by atoms with Crippen molar-refractivity contribution in [2.45, 2.75) is 37.9 Å². The molecule has 6 heteroatoms. The van der Waals surface area contributed by atoms with Crippen LogP contribution in [0.3, 0.4) is 0 Å². The Morgan fingerprint density at radius 2 is 1.97 bits per heavy atom. The van der Waals surface area contributed by atoms with Gasteiger partial charge in [0.15, 0.2) is 0 Å². The summed E-state index contributed by atoms with van der Waals surface area (Å²) in [6.07, 6.45) is 4.95. The highest BCUT2D eigenvalue weighted by Crippen LogP contribution is 2.45. The molecule has 0 saturated heterocycles. The van der Waals surface area contributed by atoms with Crippen LogP contribution in [0.5, 0.6) is 5.75 Å². The Bertz CT molecular complexity index is 1190. The Balaban J connectivity index is 1.50. The lowest BCUT2D eigenvalue weighted by atomic mass is 9.72. The van der Waals surface area contributed by atoms with Gasteiger partial charge in [-0.3, -0.25) is 4.40 Å². The van der Waals surface area contributed by atoms with Crippen LogP contribution in [0.1, 0.15) is 37.1 Å². The summed E-state index contributed by atoms with van der Waals surface area (Å²) in [5, 5.41) is 10.2. The van der Waals surface area contributed by atoms with E-state index in [1.807, 2.05) is 72.1 Å². The Morgan fingerprint density at radius 3 is 2.73 bits per heavy atom. The fourth-order valence-electron chi connectivity index (χ4n) is 4.23. The Kier molecular flexibility index (Phi) is 4.44. The number of fused-ring (bicyclic) bond motifs is 1. The number of anilines is 1. The first-order chi connectivity index (χ1) is 14.5. The molecule has 0 atom stereocenters. The van der Waals surface area contributed by atoms with E-state index < -0.39 is 5.60 Å². The van der Waals surface area contributed by atoms with Crippen LogP contribution in [0.4, 0.5) is 5.82 Å². The van der Waals surface area contributed by atoms with Crippen LogP contribution in [0.15, 0.2) is 67.0 Å². The number of hydrogen-bond acceptors (Lipinski definition) is 5. The van der Waals surface area contributed by atoms with E-state index in [1.165, 1.54) is 0 Å². The molecule has 152 valence electrons. The first kappa shape index (κ1) is 18.6. The largest absolute Gasteiger partial charge is 0.489 e. The third-order valence-corrected chi connectivity index (χ3v) is 5.70. The van der Waals surface area contributed by atoms with Crippen molar-refractivity contribution in [3.63, 3.8) is 0 Å². The summed E-state index contributed by atoms with van der Waals surface area (Å²) in [6, 6.07) is 18.0. The molecule has 30 heavy (non-hydrogen) atoms. The van der Waals surface area contributed by atoms with E-state index in [4.69, 9.17) is 15.5 Å². The smallest absolute Gasteiger partial charge is 0.150 e. The topological polar surface area (TPSA) is 85.7 Å². The van der Waals surface area contributed by atoms with Gasteiger partial charge in [0.2, 0.25) is 0 Å². The lowest BCUT2D eigenvalue weighted by Gasteiger charge is -2.40. The number of aromatic nitrogens is 3. The molecule has 6 nitrogen and oxygen atoms in total. The minimum Gasteiger partial charge on any atom is -0.489 e. The molecule has 3 N–H and O–H groups in total. The maximum atomic E-state index is 10.2. The summed E-state index contributed by atoms with van der Waals surface area (Å²) in [6.45, 7) is 2.37. The van der Waals surface area contributed by atoms with Gasteiger partial charge < -0.3 is 15.6 Å². The summed E-state index contributed by atoms with van der Waals surface area (Å²) in [4.78, 5) is 9.22. The van der Waals surface area contributed by atoms with Crippen LogP contribution >= 0.6 is 0 Å². The molecule has 0 amide bonds. The SMILES string of the molecule is CC1(O)CC(c2nc(-c3cccc(OCc4ccccc4)c3)c3c(N)nccn23)C1. The minimum atomic E-state index is -0.625. The van der Waals surface area contributed by atoms with Gasteiger partial charge in [-0.25, -0.2) is 9.97 Å². The highest BCUT2D eigenvalue weighted by Gasteiger charge is 2.41. The van der Waals surface area contributed by atoms with Crippen LogP contribution in [0.2, 0.25) is 0 Å². The van der Waals surface area contributed by atoms with Crippen LogP contribution in [0.25, 0.3) is 16.8 Å². The van der Waals surface area contributed by atoms with E-state index in [2.05, 4.69) is 4.98 Å². The third-order valence-electron chi connectivity index (χ3n) is 5.70. The van der Waals surface area contributed by atoms with Crippen molar-refractivity contribution in [1.29, 1.82) is 0 Å². The van der Waals surface area contributed by atoms with E-state index in [0.717, 1.165) is 33.9 Å². The molecule has 1 aliphatic carbocycles. The number of hydrogen-bond donors (Lipinski definition) is 2. The molecular formula is C24H24N4O2. The zero-order valence-corrected chi connectivity index (χ0v) is 16.8. The summed E-state index contributed by atoms with van der Waals surface area (Å²) < 4.78 is 8.00. The molecule has 0 spiro atoms. The molecule has 2 heterocycles. The third kappa shape index (κ3) is 3.39. The van der Waals surface area contributed by atoms with Crippen molar-refractivity contribution in [3.8, 4) is 17.0 Å². The van der Waals surface area contributed by atoms with Gasteiger partial charge in [0.25, 0.3) is 0 Å². The lowest BCUT2D eigenvalue weighted by Crippen LogP contribution is -2.40. The number of nitrogens with zero attached hydrogens (tertiary/aromatic N) is 3.